The summed E-state index contributed by atoms with van der Waals surface area (Å²) in [5.74, 6) is 1.26. The van der Waals surface area contributed by atoms with Crippen LogP contribution in [0.2, 0.25) is 0 Å². The Morgan fingerprint density at radius 3 is 2.70 bits per heavy atom. The summed E-state index contributed by atoms with van der Waals surface area (Å²) in [5, 5.41) is 2.94. The molecule has 1 fully saturated rings. The van der Waals surface area contributed by atoms with E-state index in [4.69, 9.17) is 4.74 Å². The Morgan fingerprint density at radius 1 is 1.20 bits per heavy atom. The molecule has 0 aliphatic carbocycles. The lowest BCUT2D eigenvalue weighted by molar-refractivity contribution is -0.782. The zero-order valence-electron chi connectivity index (χ0n) is 17.4. The van der Waals surface area contributed by atoms with E-state index in [0.29, 0.717) is 24.4 Å². The van der Waals surface area contributed by atoms with Crippen molar-refractivity contribution in [2.45, 2.75) is 38.6 Å². The number of quaternary nitrogens is 1. The van der Waals surface area contributed by atoms with Crippen LogP contribution in [0.5, 0.6) is 5.75 Å². The Hall–Kier alpha value is -3.19. The van der Waals surface area contributed by atoms with E-state index < -0.39 is 0 Å². The molecule has 7 nitrogen and oxygen atoms in total. The number of carbonyl (C=O) groups excluding carboxylic acids is 2. The Kier molecular flexibility index (Phi) is 5.55. The highest BCUT2D eigenvalue weighted by Gasteiger charge is 2.52. The second kappa shape index (κ2) is 8.28. The number of carbonyl (C=O) groups is 2. The molecule has 1 aliphatic heterocycles. The number of H-pyrrole nitrogens is 1. The molecule has 2 aromatic carbocycles. The van der Waals surface area contributed by atoms with E-state index in [0.717, 1.165) is 29.7 Å². The minimum Gasteiger partial charge on any atom is -0.495 e. The van der Waals surface area contributed by atoms with E-state index in [1.165, 1.54) is 0 Å². The summed E-state index contributed by atoms with van der Waals surface area (Å²) in [5.41, 5.74) is 2.41. The summed E-state index contributed by atoms with van der Waals surface area (Å²) < 4.78 is 5.16. The summed E-state index contributed by atoms with van der Waals surface area (Å²) >= 11 is 0. The number of fused-ring (bicyclic) bond motifs is 1. The summed E-state index contributed by atoms with van der Waals surface area (Å²) in [6, 6.07) is 14.7. The van der Waals surface area contributed by atoms with Crippen molar-refractivity contribution in [2.75, 3.05) is 19.0 Å². The molecule has 0 saturated carbocycles. The van der Waals surface area contributed by atoms with Crippen LogP contribution in [0.15, 0.2) is 48.5 Å². The minimum absolute atomic E-state index is 0.0668. The number of nitrogens with one attached hydrogen (secondary N) is 2. The molecule has 3 aromatic rings. The lowest BCUT2D eigenvalue weighted by atomic mass is 10.2. The average molecular weight is 407 g/mol. The zero-order valence-corrected chi connectivity index (χ0v) is 17.4. The van der Waals surface area contributed by atoms with Gasteiger partial charge in [-0.2, -0.15) is 4.48 Å². The second-order valence-corrected chi connectivity index (χ2v) is 7.81. The third-order valence-electron chi connectivity index (χ3n) is 6.06. The molecular formula is C23H27N4O3+. The van der Waals surface area contributed by atoms with Crippen molar-refractivity contribution in [3.63, 3.8) is 0 Å². The monoisotopic (exact) mass is 407 g/mol. The maximum absolute atomic E-state index is 13.4. The molecule has 156 valence electrons. The summed E-state index contributed by atoms with van der Waals surface area (Å²) in [7, 11) is 1.56. The van der Waals surface area contributed by atoms with E-state index in [2.05, 4.69) is 15.3 Å². The van der Waals surface area contributed by atoms with Gasteiger partial charge in [-0.1, -0.05) is 24.3 Å². The number of nitrogens with zero attached hydrogens (tertiary/aromatic N) is 2. The standard InChI is InChI=1S/C23H26N4O3/c1-16-8-7-15-27(16,23(29)26-19-11-5-6-12-20(19)30-2)22(28)14-13-21-24-17-9-3-4-10-18(17)25-21/h3-6,9-12,16H,7-8,13-15H2,1-2H3,(H-,24,25,26,29)/p+1/t16-,27?/m1/s1. The summed E-state index contributed by atoms with van der Waals surface area (Å²) in [6.07, 6.45) is 2.41. The van der Waals surface area contributed by atoms with Crippen LogP contribution in [0.25, 0.3) is 11.0 Å². The topological polar surface area (TPSA) is 84.1 Å². The van der Waals surface area contributed by atoms with Crippen LogP contribution in [0.4, 0.5) is 10.5 Å². The van der Waals surface area contributed by atoms with Crippen LogP contribution in [0.1, 0.15) is 32.0 Å². The fourth-order valence-corrected chi connectivity index (χ4v) is 4.37. The third-order valence-corrected chi connectivity index (χ3v) is 6.06. The number of aryl methyl sites for hydroxylation is 1. The fourth-order valence-electron chi connectivity index (χ4n) is 4.37. The number of benzene rings is 2. The van der Waals surface area contributed by atoms with Crippen molar-refractivity contribution in [2.24, 2.45) is 0 Å². The van der Waals surface area contributed by atoms with E-state index in [9.17, 15) is 9.59 Å². The molecule has 1 aromatic heterocycles. The van der Waals surface area contributed by atoms with Crippen LogP contribution in [0.3, 0.4) is 0 Å². The number of aromatic amines is 1. The second-order valence-electron chi connectivity index (χ2n) is 7.81. The molecule has 3 amide bonds. The Labute approximate surface area is 175 Å². The van der Waals surface area contributed by atoms with Crippen LogP contribution < -0.4 is 10.1 Å². The molecule has 0 radical (unpaired) electrons. The average Bonchev–Trinajstić information content (AvgIpc) is 3.36. The number of hydrogen-bond acceptors (Lipinski definition) is 4. The van der Waals surface area contributed by atoms with Gasteiger partial charge in [0.15, 0.2) is 0 Å². The Morgan fingerprint density at radius 2 is 1.97 bits per heavy atom. The van der Waals surface area contributed by atoms with Crippen molar-refractivity contribution in [1.29, 1.82) is 0 Å². The lowest BCUT2D eigenvalue weighted by Gasteiger charge is -2.33. The lowest BCUT2D eigenvalue weighted by Crippen LogP contribution is -2.60. The van der Waals surface area contributed by atoms with Gasteiger partial charge in [0, 0.05) is 19.3 Å². The van der Waals surface area contributed by atoms with Gasteiger partial charge in [-0.3, -0.25) is 5.32 Å². The van der Waals surface area contributed by atoms with Gasteiger partial charge in [0.1, 0.15) is 17.6 Å². The largest absolute Gasteiger partial charge is 0.495 e. The third kappa shape index (κ3) is 3.57. The normalized spacial score (nSPS) is 20.9. The quantitative estimate of drug-likeness (QED) is 0.619. The van der Waals surface area contributed by atoms with Gasteiger partial charge in [-0.25, -0.2) is 14.6 Å². The SMILES string of the molecule is COc1ccccc1NC(=O)[N+]1(C(=O)CCc2nc3ccccc3[nH]2)CCC[C@H]1C. The minimum atomic E-state index is -0.292. The molecular weight excluding hydrogens is 380 g/mol. The number of methoxy groups -OCH3 is 1. The van der Waals surface area contributed by atoms with Gasteiger partial charge in [-0.15, -0.1) is 0 Å². The molecule has 4 rings (SSSR count). The first-order valence-corrected chi connectivity index (χ1v) is 10.3. The first-order chi connectivity index (χ1) is 14.5. The molecule has 2 atom stereocenters. The first-order valence-electron chi connectivity index (χ1n) is 10.3. The number of anilines is 1. The van der Waals surface area contributed by atoms with Crippen LogP contribution in [-0.2, 0) is 11.2 Å². The Balaban J connectivity index is 1.53. The highest BCUT2D eigenvalue weighted by molar-refractivity contribution is 5.93. The van der Waals surface area contributed by atoms with Gasteiger partial charge in [0.05, 0.1) is 36.8 Å². The number of para-hydroxylation sites is 4. The van der Waals surface area contributed by atoms with E-state index in [-0.39, 0.29) is 28.9 Å². The van der Waals surface area contributed by atoms with E-state index >= 15 is 0 Å². The fraction of sp³-hybridized carbons (Fsp3) is 0.348. The zero-order chi connectivity index (χ0) is 21.1. The number of rotatable bonds is 5. The van der Waals surface area contributed by atoms with Crippen molar-refractivity contribution >= 4 is 28.7 Å². The Bertz CT molecular complexity index is 1040. The van der Waals surface area contributed by atoms with E-state index in [1.54, 1.807) is 19.2 Å². The number of amides is 3. The number of hydrogen-bond donors (Lipinski definition) is 2. The number of imide groups is 1. The van der Waals surface area contributed by atoms with Gasteiger partial charge >= 0.3 is 11.9 Å². The predicted molar refractivity (Wildman–Crippen MR) is 115 cm³/mol. The van der Waals surface area contributed by atoms with Crippen molar-refractivity contribution in [1.82, 2.24) is 9.97 Å². The highest BCUT2D eigenvalue weighted by Crippen LogP contribution is 2.32. The van der Waals surface area contributed by atoms with Gasteiger partial charge in [-0.05, 0) is 31.2 Å². The van der Waals surface area contributed by atoms with Gasteiger partial charge in [0.2, 0.25) is 0 Å². The maximum Gasteiger partial charge on any atom is 0.428 e. The van der Waals surface area contributed by atoms with Crippen LogP contribution >= 0.6 is 0 Å². The first kappa shape index (κ1) is 20.1. The van der Waals surface area contributed by atoms with Gasteiger partial charge in [0.25, 0.3) is 0 Å². The molecule has 30 heavy (non-hydrogen) atoms. The highest BCUT2D eigenvalue weighted by atomic mass is 16.5. The molecule has 1 unspecified atom stereocenters. The molecule has 1 aliphatic rings. The maximum atomic E-state index is 13.4. The van der Waals surface area contributed by atoms with Crippen LogP contribution in [-0.4, -0.2) is 46.1 Å². The van der Waals surface area contributed by atoms with Crippen molar-refractivity contribution < 1.29 is 18.8 Å². The number of likely N-dealkylation sites (tertiary alicyclic amines) is 1. The molecule has 1 saturated heterocycles. The number of imidazole rings is 1. The van der Waals surface area contributed by atoms with Gasteiger partial charge < -0.3 is 9.72 Å². The van der Waals surface area contributed by atoms with Crippen LogP contribution in [0, 0.1) is 0 Å². The molecule has 7 heteroatoms. The number of aromatic nitrogens is 2. The molecule has 0 bridgehead atoms. The summed E-state index contributed by atoms with van der Waals surface area (Å²) in [6.45, 7) is 2.50. The molecule has 2 N–H and O–H groups in total. The molecule has 0 spiro atoms. The summed E-state index contributed by atoms with van der Waals surface area (Å²) in [4.78, 5) is 34.6. The van der Waals surface area contributed by atoms with E-state index in [1.807, 2.05) is 43.3 Å². The number of ether oxygens (including phenoxy) is 1. The predicted octanol–water partition coefficient (Wildman–Crippen LogP) is 4.26. The van der Waals surface area contributed by atoms with Crippen molar-refractivity contribution in [3.8, 4) is 5.75 Å². The smallest absolute Gasteiger partial charge is 0.428 e. The number of urea groups is 1. The molecule has 2 heterocycles. The van der Waals surface area contributed by atoms with Crippen molar-refractivity contribution in [3.05, 3.63) is 54.4 Å².